The average molecular weight is 204 g/mol. The van der Waals surface area contributed by atoms with Crippen LogP contribution in [0.25, 0.3) is 4.91 Å². The van der Waals surface area contributed by atoms with Crippen molar-refractivity contribution in [3.8, 4) is 0 Å². The van der Waals surface area contributed by atoms with Gasteiger partial charge in [-0.05, 0) is 23.5 Å². The Labute approximate surface area is 88.5 Å². The topological polar surface area (TPSA) is 17.1 Å². The van der Waals surface area contributed by atoms with Crippen molar-refractivity contribution < 1.29 is 4.79 Å². The van der Waals surface area contributed by atoms with Crippen molar-refractivity contribution in [2.45, 2.75) is 6.92 Å². The first-order valence-corrected chi connectivity index (χ1v) is 5.15. The predicted octanol–water partition coefficient (Wildman–Crippen LogP) is 3.49. The summed E-state index contributed by atoms with van der Waals surface area (Å²) < 4.78 is 0. The van der Waals surface area contributed by atoms with E-state index in [-0.39, 0.29) is 0 Å². The normalized spacial score (nSPS) is 11.1. The van der Waals surface area contributed by atoms with Crippen LogP contribution in [0.3, 0.4) is 0 Å². The fourth-order valence-electron chi connectivity index (χ4n) is 0.884. The summed E-state index contributed by atoms with van der Waals surface area (Å²) >= 11 is 1.47. The van der Waals surface area contributed by atoms with Crippen molar-refractivity contribution in [3.63, 3.8) is 0 Å². The van der Waals surface area contributed by atoms with Gasteiger partial charge in [0, 0.05) is 4.91 Å². The standard InChI is InChI=1S/C12H12OS/c1-10(8-13)9-14-11(2)12-6-4-3-5-7-12/h3-9H,2H2,1H3/b10-9+. The zero-order chi connectivity index (χ0) is 10.4. The Balaban J connectivity index is 2.65. The second-order valence-electron chi connectivity index (χ2n) is 2.89. The van der Waals surface area contributed by atoms with Crippen LogP contribution in [-0.4, -0.2) is 6.29 Å². The Morgan fingerprint density at radius 1 is 1.36 bits per heavy atom. The van der Waals surface area contributed by atoms with Gasteiger partial charge in [-0.2, -0.15) is 0 Å². The summed E-state index contributed by atoms with van der Waals surface area (Å²) in [6, 6.07) is 9.90. The fraction of sp³-hybridized carbons (Fsp3) is 0.0833. The number of aldehydes is 1. The van der Waals surface area contributed by atoms with Gasteiger partial charge in [0.25, 0.3) is 0 Å². The molecule has 0 aliphatic heterocycles. The molecule has 72 valence electrons. The molecule has 14 heavy (non-hydrogen) atoms. The largest absolute Gasteiger partial charge is 0.298 e. The zero-order valence-electron chi connectivity index (χ0n) is 8.07. The molecule has 1 rings (SSSR count). The molecule has 0 heterocycles. The third-order valence-corrected chi connectivity index (χ3v) is 2.68. The first-order valence-electron chi connectivity index (χ1n) is 4.27. The number of benzene rings is 1. The van der Waals surface area contributed by atoms with Crippen molar-refractivity contribution in [2.24, 2.45) is 0 Å². The lowest BCUT2D eigenvalue weighted by Crippen LogP contribution is -1.76. The maximum Gasteiger partial charge on any atom is 0.146 e. The third kappa shape index (κ3) is 3.23. The third-order valence-electron chi connectivity index (χ3n) is 1.67. The lowest BCUT2D eigenvalue weighted by atomic mass is 10.2. The summed E-state index contributed by atoms with van der Waals surface area (Å²) in [6.45, 7) is 5.71. The van der Waals surface area contributed by atoms with E-state index in [4.69, 9.17) is 0 Å². The van der Waals surface area contributed by atoms with Crippen LogP contribution in [0.1, 0.15) is 12.5 Å². The van der Waals surface area contributed by atoms with Gasteiger partial charge in [0.1, 0.15) is 6.29 Å². The van der Waals surface area contributed by atoms with E-state index in [1.807, 2.05) is 35.7 Å². The molecule has 0 fully saturated rings. The van der Waals surface area contributed by atoms with Gasteiger partial charge in [0.2, 0.25) is 0 Å². The summed E-state index contributed by atoms with van der Waals surface area (Å²) in [7, 11) is 0. The molecule has 1 aromatic rings. The van der Waals surface area contributed by atoms with E-state index < -0.39 is 0 Å². The number of allylic oxidation sites excluding steroid dienone is 1. The van der Waals surface area contributed by atoms with Crippen LogP contribution in [0.15, 0.2) is 47.9 Å². The molecule has 0 unspecified atom stereocenters. The number of thioether (sulfide) groups is 1. The molecule has 0 atom stereocenters. The molecule has 0 saturated carbocycles. The van der Waals surface area contributed by atoms with Crippen LogP contribution >= 0.6 is 11.8 Å². The Hall–Kier alpha value is -1.28. The molecule has 2 heteroatoms. The molecule has 0 aliphatic carbocycles. The highest BCUT2D eigenvalue weighted by atomic mass is 32.2. The maximum absolute atomic E-state index is 10.3. The smallest absolute Gasteiger partial charge is 0.146 e. The monoisotopic (exact) mass is 204 g/mol. The average Bonchev–Trinajstić information content (AvgIpc) is 2.26. The lowest BCUT2D eigenvalue weighted by Gasteiger charge is -2.01. The molecule has 0 aromatic heterocycles. The zero-order valence-corrected chi connectivity index (χ0v) is 8.88. The quantitative estimate of drug-likeness (QED) is 0.551. The first-order chi connectivity index (χ1) is 6.74. The SMILES string of the molecule is C=C(S/C=C(\C)C=O)c1ccccc1. The van der Waals surface area contributed by atoms with E-state index in [0.29, 0.717) is 5.57 Å². The molecular formula is C12H12OS. The fourth-order valence-corrected chi connectivity index (χ4v) is 1.54. The van der Waals surface area contributed by atoms with Gasteiger partial charge in [-0.1, -0.05) is 48.7 Å². The predicted molar refractivity (Wildman–Crippen MR) is 62.9 cm³/mol. The second-order valence-corrected chi connectivity index (χ2v) is 3.85. The van der Waals surface area contributed by atoms with E-state index in [9.17, 15) is 4.79 Å². The molecule has 0 amide bonds. The summed E-state index contributed by atoms with van der Waals surface area (Å²) in [6.07, 6.45) is 0.839. The minimum absolute atomic E-state index is 0.715. The first kappa shape index (κ1) is 10.8. The molecule has 0 spiro atoms. The van der Waals surface area contributed by atoms with Gasteiger partial charge >= 0.3 is 0 Å². The van der Waals surface area contributed by atoms with Gasteiger partial charge in [-0.3, -0.25) is 4.79 Å². The highest BCUT2D eigenvalue weighted by Crippen LogP contribution is 2.26. The molecule has 0 bridgehead atoms. The number of hydrogen-bond acceptors (Lipinski definition) is 2. The molecule has 1 nitrogen and oxygen atoms in total. The van der Waals surface area contributed by atoms with Crippen LogP contribution in [-0.2, 0) is 4.79 Å². The Morgan fingerprint density at radius 3 is 2.57 bits per heavy atom. The highest BCUT2D eigenvalue weighted by Gasteiger charge is 1.96. The van der Waals surface area contributed by atoms with Crippen molar-refractivity contribution in [1.29, 1.82) is 0 Å². The van der Waals surface area contributed by atoms with Gasteiger partial charge < -0.3 is 0 Å². The van der Waals surface area contributed by atoms with E-state index in [1.54, 1.807) is 6.92 Å². The Kier molecular flexibility index (Phi) is 4.20. The molecule has 1 aromatic carbocycles. The van der Waals surface area contributed by atoms with E-state index in [2.05, 4.69) is 6.58 Å². The maximum atomic E-state index is 10.3. The van der Waals surface area contributed by atoms with Crippen LogP contribution in [0.2, 0.25) is 0 Å². The van der Waals surface area contributed by atoms with Gasteiger partial charge in [0.15, 0.2) is 0 Å². The molecule has 0 radical (unpaired) electrons. The van der Waals surface area contributed by atoms with Crippen molar-refractivity contribution in [3.05, 3.63) is 53.5 Å². The van der Waals surface area contributed by atoms with Crippen molar-refractivity contribution in [2.75, 3.05) is 0 Å². The lowest BCUT2D eigenvalue weighted by molar-refractivity contribution is -0.104. The van der Waals surface area contributed by atoms with E-state index in [1.165, 1.54) is 11.8 Å². The number of carbonyl (C=O) groups is 1. The summed E-state index contributed by atoms with van der Waals surface area (Å²) in [5, 5.41) is 1.81. The Morgan fingerprint density at radius 2 is 2.00 bits per heavy atom. The highest BCUT2D eigenvalue weighted by molar-refractivity contribution is 8.10. The number of carbonyl (C=O) groups excluding carboxylic acids is 1. The van der Waals surface area contributed by atoms with Gasteiger partial charge in [0.05, 0.1) is 0 Å². The van der Waals surface area contributed by atoms with Gasteiger partial charge in [-0.15, -0.1) is 0 Å². The molecule has 0 saturated heterocycles. The van der Waals surface area contributed by atoms with Crippen LogP contribution in [0.5, 0.6) is 0 Å². The molecule has 0 aliphatic rings. The van der Waals surface area contributed by atoms with E-state index in [0.717, 1.165) is 16.8 Å². The summed E-state index contributed by atoms with van der Waals surface area (Å²) in [4.78, 5) is 11.3. The summed E-state index contributed by atoms with van der Waals surface area (Å²) in [5.74, 6) is 0. The minimum atomic E-state index is 0.715. The minimum Gasteiger partial charge on any atom is -0.298 e. The molecular weight excluding hydrogens is 192 g/mol. The van der Waals surface area contributed by atoms with E-state index >= 15 is 0 Å². The second kappa shape index (κ2) is 5.45. The Bertz CT molecular complexity index is 352. The number of rotatable bonds is 4. The van der Waals surface area contributed by atoms with Gasteiger partial charge in [-0.25, -0.2) is 0 Å². The van der Waals surface area contributed by atoms with Crippen LogP contribution in [0.4, 0.5) is 0 Å². The van der Waals surface area contributed by atoms with Crippen molar-refractivity contribution >= 4 is 23.0 Å². The van der Waals surface area contributed by atoms with Crippen LogP contribution in [0, 0.1) is 0 Å². The number of hydrogen-bond donors (Lipinski definition) is 0. The molecule has 0 N–H and O–H groups in total. The van der Waals surface area contributed by atoms with Crippen LogP contribution < -0.4 is 0 Å². The van der Waals surface area contributed by atoms with Crippen molar-refractivity contribution in [1.82, 2.24) is 0 Å². The summed E-state index contributed by atoms with van der Waals surface area (Å²) in [5.41, 5.74) is 1.81.